The average Bonchev–Trinajstić information content (AvgIpc) is 2.88. The van der Waals surface area contributed by atoms with Gasteiger partial charge in [-0.25, -0.2) is 19.2 Å². The van der Waals surface area contributed by atoms with Gasteiger partial charge in [0.05, 0.1) is 10.5 Å². The minimum absolute atomic E-state index is 0.174. The Balaban J connectivity index is 1.40. The molecule has 1 heterocycles. The zero-order valence-electron chi connectivity index (χ0n) is 20.2. The molecule has 4 N–H and O–H groups in total. The van der Waals surface area contributed by atoms with Gasteiger partial charge in [0, 0.05) is 29.7 Å². The predicted molar refractivity (Wildman–Crippen MR) is 144 cm³/mol. The van der Waals surface area contributed by atoms with Crippen molar-refractivity contribution in [1.29, 1.82) is 0 Å². The fourth-order valence-corrected chi connectivity index (χ4v) is 3.92. The van der Waals surface area contributed by atoms with E-state index in [1.165, 1.54) is 18.5 Å². The first-order valence-corrected chi connectivity index (χ1v) is 12.2. The van der Waals surface area contributed by atoms with Gasteiger partial charge in [0.2, 0.25) is 5.91 Å². The lowest BCUT2D eigenvalue weighted by atomic mass is 10.2. The zero-order valence-corrected chi connectivity index (χ0v) is 21.0. The van der Waals surface area contributed by atoms with Crippen LogP contribution >= 0.6 is 11.6 Å². The molecule has 0 saturated carbocycles. The second-order valence-electron chi connectivity index (χ2n) is 8.38. The van der Waals surface area contributed by atoms with Gasteiger partial charge < -0.3 is 25.8 Å². The molecule has 9 nitrogen and oxygen atoms in total. The van der Waals surface area contributed by atoms with Crippen LogP contribution in [-0.4, -0.2) is 33.6 Å². The van der Waals surface area contributed by atoms with Crippen molar-refractivity contribution < 1.29 is 23.8 Å². The summed E-state index contributed by atoms with van der Waals surface area (Å²) in [6.45, 7) is 0.476. The van der Waals surface area contributed by atoms with Crippen molar-refractivity contribution in [3.63, 3.8) is 0 Å². The van der Waals surface area contributed by atoms with E-state index in [4.69, 9.17) is 21.4 Å². The van der Waals surface area contributed by atoms with E-state index in [9.17, 15) is 14.0 Å². The third kappa shape index (κ3) is 7.53. The maximum absolute atomic E-state index is 13.4. The van der Waals surface area contributed by atoms with Crippen molar-refractivity contribution in [3.05, 3.63) is 83.4 Å². The molecule has 4 rings (SSSR count). The van der Waals surface area contributed by atoms with E-state index in [-0.39, 0.29) is 24.8 Å². The Morgan fingerprint density at radius 3 is 2.63 bits per heavy atom. The fourth-order valence-electron chi connectivity index (χ4n) is 3.68. The number of ether oxygens (including phenoxy) is 1. The Kier molecular flexibility index (Phi) is 8.89. The molecule has 4 aromatic rings. The molecule has 0 aliphatic carbocycles. The molecule has 0 atom stereocenters. The number of amides is 2. The summed E-state index contributed by atoms with van der Waals surface area (Å²) in [6, 6.07) is 16.7. The predicted octanol–water partition coefficient (Wildman–Crippen LogP) is 6.12. The molecule has 0 aliphatic heterocycles. The number of hydrogen-bond acceptors (Lipinski definition) is 6. The monoisotopic (exact) mass is 537 g/mol. The number of benzene rings is 3. The summed E-state index contributed by atoms with van der Waals surface area (Å²) in [4.78, 5) is 31.4. The lowest BCUT2D eigenvalue weighted by molar-refractivity contribution is -0.116. The van der Waals surface area contributed by atoms with Gasteiger partial charge in [0.25, 0.3) is 0 Å². The number of carbonyl (C=O) groups excluding carboxylic acids is 1. The topological polar surface area (TPSA) is 125 Å². The van der Waals surface area contributed by atoms with Gasteiger partial charge in [0.1, 0.15) is 30.3 Å². The first kappa shape index (κ1) is 26.6. The molecular weight excluding hydrogens is 513 g/mol. The van der Waals surface area contributed by atoms with E-state index < -0.39 is 6.09 Å². The molecule has 0 saturated heterocycles. The molecule has 0 bridgehead atoms. The molecule has 2 amide bonds. The Bertz CT molecular complexity index is 1450. The first-order chi connectivity index (χ1) is 18.4. The molecule has 1 aromatic heterocycles. The van der Waals surface area contributed by atoms with Crippen molar-refractivity contribution >= 4 is 51.7 Å². The number of halogens is 2. The highest BCUT2D eigenvalue weighted by molar-refractivity contribution is 6.32. The number of unbranched alkanes of at least 4 members (excludes halogenated alkanes) is 1. The van der Waals surface area contributed by atoms with Crippen molar-refractivity contribution in [2.75, 3.05) is 17.2 Å². The number of carbonyl (C=O) groups is 2. The fraction of sp³-hybridized carbons (Fsp3) is 0.185. The number of hydrogen-bond donors (Lipinski definition) is 4. The lowest BCUT2D eigenvalue weighted by Gasteiger charge is -2.13. The standard InChI is InChI=1S/C27H25ClFN5O4/c28-22-14-20(8-10-24(22)38-15-17-4-3-5-18(29)12-17)34-26-21-13-19(7-9-23(21)31-16-32-26)33-25(35)6-1-2-11-30-27(36)37/h3-5,7-10,12-14,16,30H,1-2,6,11,15H2,(H,33,35)(H,36,37)(H,31,32,34). The van der Waals surface area contributed by atoms with Crippen LogP contribution in [-0.2, 0) is 11.4 Å². The van der Waals surface area contributed by atoms with E-state index in [0.29, 0.717) is 63.8 Å². The number of carboxylic acid groups (broad SMARTS) is 1. The molecule has 38 heavy (non-hydrogen) atoms. The van der Waals surface area contributed by atoms with Gasteiger partial charge in [-0.1, -0.05) is 23.7 Å². The quantitative estimate of drug-likeness (QED) is 0.170. The second kappa shape index (κ2) is 12.7. The maximum Gasteiger partial charge on any atom is 0.404 e. The number of nitrogens with zero attached hydrogens (tertiary/aromatic N) is 2. The number of anilines is 3. The molecule has 0 aliphatic rings. The summed E-state index contributed by atoms with van der Waals surface area (Å²) in [5.74, 6) is 0.474. The Morgan fingerprint density at radius 1 is 1.00 bits per heavy atom. The van der Waals surface area contributed by atoms with Crippen LogP contribution in [0.3, 0.4) is 0 Å². The van der Waals surface area contributed by atoms with Crippen LogP contribution in [0, 0.1) is 5.82 Å². The van der Waals surface area contributed by atoms with E-state index in [0.717, 1.165) is 0 Å². The molecule has 196 valence electrons. The second-order valence-corrected chi connectivity index (χ2v) is 8.79. The molecule has 0 unspecified atom stereocenters. The molecule has 0 radical (unpaired) electrons. The van der Waals surface area contributed by atoms with Crippen molar-refractivity contribution in [2.24, 2.45) is 0 Å². The third-order valence-electron chi connectivity index (χ3n) is 5.50. The SMILES string of the molecule is O=C(O)NCCCCC(=O)Nc1ccc2ncnc(Nc3ccc(OCc4cccc(F)c4)c(Cl)c3)c2c1. The summed E-state index contributed by atoms with van der Waals surface area (Å²) in [6.07, 6.45) is 1.74. The summed E-state index contributed by atoms with van der Waals surface area (Å²) in [5, 5.41) is 18.0. The van der Waals surface area contributed by atoms with Gasteiger partial charge in [-0.05, 0) is 66.9 Å². The van der Waals surface area contributed by atoms with Crippen molar-refractivity contribution in [1.82, 2.24) is 15.3 Å². The first-order valence-electron chi connectivity index (χ1n) is 11.8. The van der Waals surface area contributed by atoms with Crippen LogP contribution in [0.4, 0.5) is 26.4 Å². The summed E-state index contributed by atoms with van der Waals surface area (Å²) in [7, 11) is 0. The van der Waals surface area contributed by atoms with Crippen LogP contribution in [0.2, 0.25) is 5.02 Å². The molecular formula is C27H25ClFN5O4. The Morgan fingerprint density at radius 2 is 1.84 bits per heavy atom. The molecule has 3 aromatic carbocycles. The lowest BCUT2D eigenvalue weighted by Crippen LogP contribution is -2.22. The minimum Gasteiger partial charge on any atom is -0.487 e. The highest BCUT2D eigenvalue weighted by Gasteiger charge is 2.10. The van der Waals surface area contributed by atoms with E-state index in [1.54, 1.807) is 48.5 Å². The molecule has 11 heteroatoms. The van der Waals surface area contributed by atoms with Gasteiger partial charge >= 0.3 is 6.09 Å². The van der Waals surface area contributed by atoms with Crippen molar-refractivity contribution in [2.45, 2.75) is 25.9 Å². The van der Waals surface area contributed by atoms with E-state index in [1.807, 2.05) is 0 Å². The van der Waals surface area contributed by atoms with Crippen LogP contribution in [0.15, 0.2) is 67.0 Å². The Hall–Kier alpha value is -4.44. The van der Waals surface area contributed by atoms with Gasteiger partial charge in [0.15, 0.2) is 0 Å². The summed E-state index contributed by atoms with van der Waals surface area (Å²) in [5.41, 5.74) is 2.62. The molecule has 0 fully saturated rings. The summed E-state index contributed by atoms with van der Waals surface area (Å²) < 4.78 is 19.1. The van der Waals surface area contributed by atoms with E-state index in [2.05, 4.69) is 25.9 Å². The third-order valence-corrected chi connectivity index (χ3v) is 5.80. The van der Waals surface area contributed by atoms with E-state index >= 15 is 0 Å². The van der Waals surface area contributed by atoms with Crippen molar-refractivity contribution in [3.8, 4) is 5.75 Å². The van der Waals surface area contributed by atoms with Crippen LogP contribution in [0.25, 0.3) is 10.9 Å². The normalized spacial score (nSPS) is 10.7. The van der Waals surface area contributed by atoms with Crippen LogP contribution in [0.5, 0.6) is 5.75 Å². The van der Waals surface area contributed by atoms with Gasteiger partial charge in [-0.15, -0.1) is 0 Å². The number of aromatic nitrogens is 2. The minimum atomic E-state index is -1.08. The highest BCUT2D eigenvalue weighted by atomic mass is 35.5. The summed E-state index contributed by atoms with van der Waals surface area (Å²) >= 11 is 6.42. The largest absolute Gasteiger partial charge is 0.487 e. The van der Waals surface area contributed by atoms with Gasteiger partial charge in [-0.3, -0.25) is 4.79 Å². The number of rotatable bonds is 11. The zero-order chi connectivity index (χ0) is 26.9. The molecule has 0 spiro atoms. The number of nitrogens with one attached hydrogen (secondary N) is 3. The highest BCUT2D eigenvalue weighted by Crippen LogP contribution is 2.31. The smallest absolute Gasteiger partial charge is 0.404 e. The number of fused-ring (bicyclic) bond motifs is 1. The average molecular weight is 538 g/mol. The van der Waals surface area contributed by atoms with Crippen LogP contribution in [0.1, 0.15) is 24.8 Å². The maximum atomic E-state index is 13.4. The van der Waals surface area contributed by atoms with Crippen LogP contribution < -0.4 is 20.7 Å². The Labute approximate surface area is 223 Å². The van der Waals surface area contributed by atoms with Gasteiger partial charge in [-0.2, -0.15) is 0 Å².